The monoisotopic (exact) mass is 263 g/mol. The third kappa shape index (κ3) is 2.83. The Bertz CT molecular complexity index is 509. The zero-order chi connectivity index (χ0) is 13.1. The highest BCUT2D eigenvalue weighted by atomic mass is 32.1. The maximum Gasteiger partial charge on any atom is 0.123 e. The molecule has 2 rings (SSSR count). The summed E-state index contributed by atoms with van der Waals surface area (Å²) in [6, 6.07) is 7.45. The van der Waals surface area contributed by atoms with E-state index in [0.29, 0.717) is 5.56 Å². The van der Waals surface area contributed by atoms with E-state index in [1.807, 2.05) is 13.1 Å². The number of anilines is 1. The van der Waals surface area contributed by atoms with Gasteiger partial charge in [0.2, 0.25) is 0 Å². The van der Waals surface area contributed by atoms with E-state index >= 15 is 0 Å². The Balaban J connectivity index is 2.16. The van der Waals surface area contributed by atoms with E-state index in [2.05, 4.69) is 21.7 Å². The molecule has 0 saturated carbocycles. The number of aliphatic hydroxyl groups excluding tert-OH is 1. The predicted octanol–water partition coefficient (Wildman–Crippen LogP) is 3.14. The number of aromatic hydroxyl groups is 1. The normalized spacial score (nSPS) is 12.4. The maximum atomic E-state index is 9.85. The molecule has 0 fully saturated rings. The number of thiophene rings is 1. The van der Waals surface area contributed by atoms with E-state index in [1.165, 1.54) is 5.56 Å². The van der Waals surface area contributed by atoms with Gasteiger partial charge in [0.05, 0.1) is 6.10 Å². The van der Waals surface area contributed by atoms with Gasteiger partial charge in [-0.2, -0.15) is 11.3 Å². The molecule has 3 nitrogen and oxygen atoms in total. The summed E-state index contributed by atoms with van der Waals surface area (Å²) in [5, 5.41) is 23.5. The summed E-state index contributed by atoms with van der Waals surface area (Å²) in [5.41, 5.74) is 2.74. The van der Waals surface area contributed by atoms with Crippen molar-refractivity contribution in [2.45, 2.75) is 19.6 Å². The van der Waals surface area contributed by atoms with Crippen LogP contribution in [0.4, 0.5) is 5.69 Å². The molecule has 0 aliphatic carbocycles. The fourth-order valence-electron chi connectivity index (χ4n) is 1.87. The third-order valence-electron chi connectivity index (χ3n) is 2.90. The minimum atomic E-state index is -0.652. The molecule has 96 valence electrons. The van der Waals surface area contributed by atoms with Crippen LogP contribution in [0.25, 0.3) is 0 Å². The minimum absolute atomic E-state index is 0.139. The summed E-state index contributed by atoms with van der Waals surface area (Å²) in [5.74, 6) is 0.139. The molecule has 2 aromatic rings. The van der Waals surface area contributed by atoms with Crippen LogP contribution in [0.3, 0.4) is 0 Å². The van der Waals surface area contributed by atoms with Gasteiger partial charge in [0.1, 0.15) is 5.75 Å². The zero-order valence-electron chi connectivity index (χ0n) is 10.5. The molecule has 0 bridgehead atoms. The van der Waals surface area contributed by atoms with Crippen LogP contribution in [0.5, 0.6) is 5.75 Å². The van der Waals surface area contributed by atoms with Crippen molar-refractivity contribution >= 4 is 17.0 Å². The van der Waals surface area contributed by atoms with Crippen molar-refractivity contribution in [2.24, 2.45) is 0 Å². The molecule has 1 aromatic carbocycles. The average molecular weight is 263 g/mol. The number of phenolic OH excluding ortho intramolecular Hbond substituents is 1. The standard InChI is InChI=1S/C14H17NO2S/c1-10(16)13-4-3-12(7-14(13)17)15(2)8-11-5-6-18-9-11/h3-7,9-10,16-17H,8H2,1-2H3. The van der Waals surface area contributed by atoms with Gasteiger partial charge in [0.15, 0.2) is 0 Å². The first kappa shape index (κ1) is 12.9. The molecule has 18 heavy (non-hydrogen) atoms. The van der Waals surface area contributed by atoms with Crippen molar-refractivity contribution in [2.75, 3.05) is 11.9 Å². The van der Waals surface area contributed by atoms with Gasteiger partial charge in [-0.05, 0) is 35.4 Å². The molecule has 1 heterocycles. The van der Waals surface area contributed by atoms with Crippen LogP contribution in [0.2, 0.25) is 0 Å². The van der Waals surface area contributed by atoms with E-state index < -0.39 is 6.10 Å². The first-order chi connectivity index (χ1) is 8.58. The van der Waals surface area contributed by atoms with Crippen LogP contribution in [0, 0.1) is 0 Å². The lowest BCUT2D eigenvalue weighted by Crippen LogP contribution is -2.15. The van der Waals surface area contributed by atoms with Crippen LogP contribution in [-0.4, -0.2) is 17.3 Å². The Labute approximate surface area is 111 Å². The molecule has 0 radical (unpaired) electrons. The highest BCUT2D eigenvalue weighted by Gasteiger charge is 2.10. The minimum Gasteiger partial charge on any atom is -0.507 e. The second kappa shape index (κ2) is 5.42. The van der Waals surface area contributed by atoms with Crippen LogP contribution in [0.1, 0.15) is 24.2 Å². The fourth-order valence-corrected chi connectivity index (χ4v) is 2.53. The van der Waals surface area contributed by atoms with Gasteiger partial charge in [0.25, 0.3) is 0 Å². The SMILES string of the molecule is CC(O)c1ccc(N(C)Cc2ccsc2)cc1O. The average Bonchev–Trinajstić information content (AvgIpc) is 2.81. The molecular weight excluding hydrogens is 246 g/mol. The van der Waals surface area contributed by atoms with Crippen molar-refractivity contribution in [1.29, 1.82) is 0 Å². The second-order valence-electron chi connectivity index (χ2n) is 4.41. The Morgan fingerprint density at radius 3 is 2.67 bits per heavy atom. The summed E-state index contributed by atoms with van der Waals surface area (Å²) < 4.78 is 0. The number of benzene rings is 1. The third-order valence-corrected chi connectivity index (χ3v) is 3.64. The van der Waals surface area contributed by atoms with Gasteiger partial charge in [-0.1, -0.05) is 6.07 Å². The van der Waals surface area contributed by atoms with Gasteiger partial charge in [-0.15, -0.1) is 0 Å². The number of hydrogen-bond acceptors (Lipinski definition) is 4. The molecule has 1 aromatic heterocycles. The number of aliphatic hydroxyl groups is 1. The van der Waals surface area contributed by atoms with Gasteiger partial charge >= 0.3 is 0 Å². The lowest BCUT2D eigenvalue weighted by Gasteiger charge is -2.20. The molecule has 1 atom stereocenters. The first-order valence-electron chi connectivity index (χ1n) is 5.81. The fraction of sp³-hybridized carbons (Fsp3) is 0.286. The molecule has 2 N–H and O–H groups in total. The Kier molecular flexibility index (Phi) is 3.89. The molecular formula is C14H17NO2S. The van der Waals surface area contributed by atoms with E-state index in [0.717, 1.165) is 12.2 Å². The summed E-state index contributed by atoms with van der Waals surface area (Å²) in [7, 11) is 1.98. The highest BCUT2D eigenvalue weighted by molar-refractivity contribution is 7.07. The second-order valence-corrected chi connectivity index (χ2v) is 5.19. The largest absolute Gasteiger partial charge is 0.507 e. The van der Waals surface area contributed by atoms with Crippen molar-refractivity contribution < 1.29 is 10.2 Å². The molecule has 0 amide bonds. The quantitative estimate of drug-likeness (QED) is 0.890. The lowest BCUT2D eigenvalue weighted by molar-refractivity contribution is 0.195. The van der Waals surface area contributed by atoms with Crippen LogP contribution in [0.15, 0.2) is 35.0 Å². The van der Waals surface area contributed by atoms with Crippen molar-refractivity contribution in [3.63, 3.8) is 0 Å². The summed E-state index contributed by atoms with van der Waals surface area (Å²) in [6.07, 6.45) is -0.652. The molecule has 0 spiro atoms. The number of nitrogens with zero attached hydrogens (tertiary/aromatic N) is 1. The molecule has 4 heteroatoms. The molecule has 0 saturated heterocycles. The zero-order valence-corrected chi connectivity index (χ0v) is 11.3. The Morgan fingerprint density at radius 1 is 1.33 bits per heavy atom. The van der Waals surface area contributed by atoms with Crippen molar-refractivity contribution in [3.8, 4) is 5.75 Å². The van der Waals surface area contributed by atoms with Crippen LogP contribution < -0.4 is 4.90 Å². The van der Waals surface area contributed by atoms with Crippen molar-refractivity contribution in [3.05, 3.63) is 46.2 Å². The Hall–Kier alpha value is -1.52. The van der Waals surface area contributed by atoms with Gasteiger partial charge in [-0.25, -0.2) is 0 Å². The number of rotatable bonds is 4. The van der Waals surface area contributed by atoms with Gasteiger partial charge in [0, 0.05) is 30.9 Å². The van der Waals surface area contributed by atoms with Gasteiger partial charge < -0.3 is 15.1 Å². The molecule has 1 unspecified atom stereocenters. The topological polar surface area (TPSA) is 43.7 Å². The summed E-state index contributed by atoms with van der Waals surface area (Å²) in [4.78, 5) is 2.06. The van der Waals surface area contributed by atoms with Gasteiger partial charge in [-0.3, -0.25) is 0 Å². The Morgan fingerprint density at radius 2 is 2.11 bits per heavy atom. The first-order valence-corrected chi connectivity index (χ1v) is 6.75. The lowest BCUT2D eigenvalue weighted by atomic mass is 10.1. The number of hydrogen-bond donors (Lipinski definition) is 2. The van der Waals surface area contributed by atoms with Crippen LogP contribution in [-0.2, 0) is 6.54 Å². The maximum absolute atomic E-state index is 9.85. The van der Waals surface area contributed by atoms with Crippen LogP contribution >= 0.6 is 11.3 Å². The van der Waals surface area contributed by atoms with E-state index in [-0.39, 0.29) is 5.75 Å². The van der Waals surface area contributed by atoms with E-state index in [4.69, 9.17) is 0 Å². The highest BCUT2D eigenvalue weighted by Crippen LogP contribution is 2.29. The summed E-state index contributed by atoms with van der Waals surface area (Å²) in [6.45, 7) is 2.45. The van der Waals surface area contributed by atoms with E-state index in [9.17, 15) is 10.2 Å². The smallest absolute Gasteiger partial charge is 0.123 e. The summed E-state index contributed by atoms with van der Waals surface area (Å²) >= 11 is 1.68. The molecule has 0 aliphatic rings. The molecule has 0 aliphatic heterocycles. The van der Waals surface area contributed by atoms with Crippen molar-refractivity contribution in [1.82, 2.24) is 0 Å². The number of phenols is 1. The van der Waals surface area contributed by atoms with E-state index in [1.54, 1.807) is 30.4 Å². The predicted molar refractivity (Wildman–Crippen MR) is 75.2 cm³/mol.